The molecular weight excluding hydrogens is 398 g/mol. The second kappa shape index (κ2) is 9.24. The maximum atomic E-state index is 13.0. The Morgan fingerprint density at radius 3 is 2.55 bits per heavy atom. The summed E-state index contributed by atoms with van der Waals surface area (Å²) in [5.41, 5.74) is 0.865. The molecule has 0 saturated carbocycles. The van der Waals surface area contributed by atoms with E-state index in [4.69, 9.17) is 9.47 Å². The minimum Gasteiger partial charge on any atom is -0.486 e. The number of para-hydroxylation sites is 2. The van der Waals surface area contributed by atoms with E-state index >= 15 is 0 Å². The van der Waals surface area contributed by atoms with Crippen molar-refractivity contribution in [3.8, 4) is 11.5 Å². The average Bonchev–Trinajstić information content (AvgIpc) is 3.07. The molecule has 2 aliphatic heterocycles. The van der Waals surface area contributed by atoms with Gasteiger partial charge in [0.2, 0.25) is 0 Å². The maximum absolute atomic E-state index is 13.0. The standard InChI is InChI=1S/C23H27N3O5/c1-24(15-18-16-30-21-8-4-5-9-22(21)31-18)23(27)17-10-11-19(20(14-17)26(28)29)25-12-6-2-3-7-13-25/h4-5,8-11,14,18H,2-3,6-7,12-13,15-16H2,1H3/t18-/m0/s1. The highest BCUT2D eigenvalue weighted by Gasteiger charge is 2.27. The molecule has 4 rings (SSSR count). The summed E-state index contributed by atoms with van der Waals surface area (Å²) < 4.78 is 11.6. The second-order valence-electron chi connectivity index (χ2n) is 8.05. The minimum atomic E-state index is -0.397. The first-order valence-electron chi connectivity index (χ1n) is 10.7. The summed E-state index contributed by atoms with van der Waals surface area (Å²) in [6, 6.07) is 12.2. The van der Waals surface area contributed by atoms with E-state index in [1.807, 2.05) is 24.3 Å². The first-order chi connectivity index (χ1) is 15.0. The van der Waals surface area contributed by atoms with Gasteiger partial charge in [-0.05, 0) is 37.1 Å². The van der Waals surface area contributed by atoms with Gasteiger partial charge in [-0.3, -0.25) is 14.9 Å². The summed E-state index contributed by atoms with van der Waals surface area (Å²) in [4.78, 5) is 27.9. The zero-order valence-corrected chi connectivity index (χ0v) is 17.7. The van der Waals surface area contributed by atoms with Gasteiger partial charge in [0.15, 0.2) is 17.6 Å². The molecule has 2 heterocycles. The molecule has 0 aromatic heterocycles. The second-order valence-corrected chi connectivity index (χ2v) is 8.05. The van der Waals surface area contributed by atoms with Crippen molar-refractivity contribution < 1.29 is 19.2 Å². The molecule has 0 spiro atoms. The summed E-state index contributed by atoms with van der Waals surface area (Å²) in [6.45, 7) is 2.25. The molecule has 8 heteroatoms. The molecule has 0 aliphatic carbocycles. The van der Waals surface area contributed by atoms with Gasteiger partial charge in [-0.25, -0.2) is 0 Å². The van der Waals surface area contributed by atoms with E-state index in [1.54, 1.807) is 19.2 Å². The van der Waals surface area contributed by atoms with Crippen LogP contribution in [0.25, 0.3) is 0 Å². The van der Waals surface area contributed by atoms with Crippen molar-refractivity contribution in [1.82, 2.24) is 4.90 Å². The molecule has 2 aliphatic rings. The van der Waals surface area contributed by atoms with Gasteiger partial charge < -0.3 is 19.3 Å². The van der Waals surface area contributed by atoms with Crippen molar-refractivity contribution in [3.63, 3.8) is 0 Å². The van der Waals surface area contributed by atoms with Crippen molar-refractivity contribution in [2.24, 2.45) is 0 Å². The number of benzene rings is 2. The third-order valence-corrected chi connectivity index (χ3v) is 5.76. The molecule has 2 aromatic carbocycles. The predicted molar refractivity (Wildman–Crippen MR) is 117 cm³/mol. The largest absolute Gasteiger partial charge is 0.486 e. The van der Waals surface area contributed by atoms with Crippen LogP contribution in [0, 0.1) is 10.1 Å². The number of anilines is 1. The predicted octanol–water partition coefficient (Wildman–Crippen LogP) is 3.89. The number of carbonyl (C=O) groups excluding carboxylic acids is 1. The summed E-state index contributed by atoms with van der Waals surface area (Å²) in [7, 11) is 1.67. The van der Waals surface area contributed by atoms with Gasteiger partial charge in [-0.15, -0.1) is 0 Å². The summed E-state index contributed by atoms with van der Waals surface area (Å²) >= 11 is 0. The molecule has 0 radical (unpaired) electrons. The van der Waals surface area contributed by atoms with Crippen LogP contribution in [0.3, 0.4) is 0 Å². The minimum absolute atomic E-state index is 0.0210. The molecule has 0 unspecified atom stereocenters. The number of hydrogen-bond donors (Lipinski definition) is 0. The average molecular weight is 425 g/mol. The van der Waals surface area contributed by atoms with Crippen LogP contribution in [0.15, 0.2) is 42.5 Å². The van der Waals surface area contributed by atoms with Crippen LogP contribution in [-0.4, -0.2) is 55.1 Å². The van der Waals surface area contributed by atoms with E-state index in [9.17, 15) is 14.9 Å². The molecular formula is C23H27N3O5. The lowest BCUT2D eigenvalue weighted by molar-refractivity contribution is -0.384. The first-order valence-corrected chi connectivity index (χ1v) is 10.7. The summed E-state index contributed by atoms with van der Waals surface area (Å²) in [5.74, 6) is 1.05. The smallest absolute Gasteiger partial charge is 0.293 e. The summed E-state index contributed by atoms with van der Waals surface area (Å²) in [6.07, 6.45) is 4.02. The Hall–Kier alpha value is -3.29. The molecule has 1 fully saturated rings. The fourth-order valence-electron chi connectivity index (χ4n) is 4.14. The Balaban J connectivity index is 1.47. The van der Waals surface area contributed by atoms with Gasteiger partial charge in [-0.1, -0.05) is 25.0 Å². The van der Waals surface area contributed by atoms with Crippen LogP contribution >= 0.6 is 0 Å². The highest BCUT2D eigenvalue weighted by molar-refractivity contribution is 5.95. The van der Waals surface area contributed by atoms with Crippen molar-refractivity contribution in [2.75, 3.05) is 38.2 Å². The topological polar surface area (TPSA) is 85.2 Å². The molecule has 0 bridgehead atoms. The number of amides is 1. The number of nitro benzene ring substituents is 1. The number of likely N-dealkylation sites (N-methyl/N-ethyl adjacent to an activating group) is 1. The van der Waals surface area contributed by atoms with Gasteiger partial charge in [0.1, 0.15) is 12.3 Å². The number of rotatable bonds is 5. The van der Waals surface area contributed by atoms with Gasteiger partial charge >= 0.3 is 0 Å². The quantitative estimate of drug-likeness (QED) is 0.534. The monoisotopic (exact) mass is 425 g/mol. The van der Waals surface area contributed by atoms with Gasteiger partial charge in [-0.2, -0.15) is 0 Å². The number of hydrogen-bond acceptors (Lipinski definition) is 6. The molecule has 8 nitrogen and oxygen atoms in total. The number of carbonyl (C=O) groups is 1. The van der Waals surface area contributed by atoms with E-state index in [-0.39, 0.29) is 17.7 Å². The summed E-state index contributed by atoms with van der Waals surface area (Å²) in [5, 5.41) is 11.7. The molecule has 1 amide bonds. The van der Waals surface area contributed by atoms with Crippen LogP contribution in [0.5, 0.6) is 11.5 Å². The van der Waals surface area contributed by atoms with Crippen LogP contribution in [0.4, 0.5) is 11.4 Å². The Morgan fingerprint density at radius 1 is 1.13 bits per heavy atom. The van der Waals surface area contributed by atoms with Gasteiger partial charge in [0.25, 0.3) is 11.6 Å². The molecule has 31 heavy (non-hydrogen) atoms. The lowest BCUT2D eigenvalue weighted by atomic mass is 10.1. The molecule has 2 aromatic rings. The van der Waals surface area contributed by atoms with Crippen molar-refractivity contribution in [2.45, 2.75) is 31.8 Å². The molecule has 164 valence electrons. The zero-order valence-electron chi connectivity index (χ0n) is 17.7. The van der Waals surface area contributed by atoms with Crippen molar-refractivity contribution in [1.29, 1.82) is 0 Å². The van der Waals surface area contributed by atoms with Crippen molar-refractivity contribution in [3.05, 3.63) is 58.1 Å². The zero-order chi connectivity index (χ0) is 21.8. The molecule has 0 N–H and O–H groups in total. The van der Waals surface area contributed by atoms with Crippen LogP contribution in [0.1, 0.15) is 36.0 Å². The fraction of sp³-hybridized carbons (Fsp3) is 0.435. The van der Waals surface area contributed by atoms with E-state index in [0.29, 0.717) is 35.9 Å². The van der Waals surface area contributed by atoms with E-state index in [0.717, 1.165) is 38.8 Å². The van der Waals surface area contributed by atoms with Crippen LogP contribution in [-0.2, 0) is 0 Å². The number of fused-ring (bicyclic) bond motifs is 1. The number of nitrogens with zero attached hydrogens (tertiary/aromatic N) is 3. The highest BCUT2D eigenvalue weighted by Crippen LogP contribution is 2.32. The van der Waals surface area contributed by atoms with E-state index in [1.165, 1.54) is 11.0 Å². The van der Waals surface area contributed by atoms with Crippen LogP contribution in [0.2, 0.25) is 0 Å². The maximum Gasteiger partial charge on any atom is 0.293 e. The highest BCUT2D eigenvalue weighted by atomic mass is 16.6. The fourth-order valence-corrected chi connectivity index (χ4v) is 4.14. The van der Waals surface area contributed by atoms with Crippen molar-refractivity contribution >= 4 is 17.3 Å². The Morgan fingerprint density at radius 2 is 1.84 bits per heavy atom. The van der Waals surface area contributed by atoms with Gasteiger partial charge in [0, 0.05) is 31.8 Å². The molecule has 1 atom stereocenters. The van der Waals surface area contributed by atoms with Crippen LogP contribution < -0.4 is 14.4 Å². The normalized spacial score (nSPS) is 18.2. The van der Waals surface area contributed by atoms with Gasteiger partial charge in [0.05, 0.1) is 11.5 Å². The third-order valence-electron chi connectivity index (χ3n) is 5.76. The Kier molecular flexibility index (Phi) is 6.25. The SMILES string of the molecule is CN(C[C@H]1COc2ccccc2O1)C(=O)c1ccc(N2CCCCCC2)c([N+](=O)[O-])c1. The number of ether oxygens (including phenoxy) is 2. The van der Waals surface area contributed by atoms with E-state index < -0.39 is 4.92 Å². The third kappa shape index (κ3) is 4.73. The molecule has 1 saturated heterocycles. The Labute approximate surface area is 181 Å². The first kappa shape index (κ1) is 21.0. The van der Waals surface area contributed by atoms with E-state index in [2.05, 4.69) is 4.90 Å². The lowest BCUT2D eigenvalue weighted by Crippen LogP contribution is -2.41. The Bertz CT molecular complexity index is 956. The number of nitro groups is 1. The lowest BCUT2D eigenvalue weighted by Gasteiger charge is -2.29.